The summed E-state index contributed by atoms with van der Waals surface area (Å²) in [5.41, 5.74) is 0.703. The lowest BCUT2D eigenvalue weighted by atomic mass is 10.2. The van der Waals surface area contributed by atoms with Crippen LogP contribution in [0.5, 0.6) is 5.75 Å². The van der Waals surface area contributed by atoms with Gasteiger partial charge < -0.3 is 9.63 Å². The number of rotatable bonds is 4. The predicted molar refractivity (Wildman–Crippen MR) is 72.0 cm³/mol. The highest BCUT2D eigenvalue weighted by atomic mass is 31.2. The fourth-order valence-corrected chi connectivity index (χ4v) is 2.73. The van der Waals surface area contributed by atoms with Crippen LogP contribution in [0, 0.1) is 0 Å². The second-order valence-electron chi connectivity index (χ2n) is 4.14. The first-order valence-corrected chi connectivity index (χ1v) is 7.81. The highest BCUT2D eigenvalue weighted by Crippen LogP contribution is 2.52. The zero-order valence-electron chi connectivity index (χ0n) is 10.1. The average Bonchev–Trinajstić information content (AvgIpc) is 2.37. The SMILES string of the molecule is CP(=O)(O)C(Oc1ccccc1)c1ccccc1. The second-order valence-corrected chi connectivity index (χ2v) is 6.49. The smallest absolute Gasteiger partial charge is 0.241 e. The summed E-state index contributed by atoms with van der Waals surface area (Å²) < 4.78 is 17.6. The molecule has 0 aromatic heterocycles. The minimum absolute atomic E-state index is 0.586. The van der Waals surface area contributed by atoms with Gasteiger partial charge in [-0.1, -0.05) is 48.5 Å². The predicted octanol–water partition coefficient (Wildman–Crippen LogP) is 3.66. The Hall–Kier alpha value is -1.57. The van der Waals surface area contributed by atoms with Gasteiger partial charge in [0.15, 0.2) is 5.85 Å². The third-order valence-electron chi connectivity index (χ3n) is 2.51. The van der Waals surface area contributed by atoms with Crippen molar-refractivity contribution in [3.8, 4) is 5.75 Å². The molecule has 3 nitrogen and oxygen atoms in total. The van der Waals surface area contributed by atoms with Gasteiger partial charge in [0.2, 0.25) is 7.37 Å². The van der Waals surface area contributed by atoms with E-state index in [1.165, 1.54) is 6.66 Å². The van der Waals surface area contributed by atoms with Gasteiger partial charge in [0, 0.05) is 12.2 Å². The molecule has 2 aromatic carbocycles. The van der Waals surface area contributed by atoms with Crippen LogP contribution in [-0.2, 0) is 4.57 Å². The summed E-state index contributed by atoms with van der Waals surface area (Å²) in [4.78, 5) is 9.82. The van der Waals surface area contributed by atoms with E-state index in [9.17, 15) is 9.46 Å². The summed E-state index contributed by atoms with van der Waals surface area (Å²) in [6.45, 7) is 1.31. The van der Waals surface area contributed by atoms with Crippen LogP contribution in [0.4, 0.5) is 0 Å². The van der Waals surface area contributed by atoms with Crippen molar-refractivity contribution in [1.29, 1.82) is 0 Å². The van der Waals surface area contributed by atoms with Gasteiger partial charge in [-0.15, -0.1) is 0 Å². The van der Waals surface area contributed by atoms with E-state index in [1.54, 1.807) is 24.3 Å². The van der Waals surface area contributed by atoms with Crippen LogP contribution in [0.25, 0.3) is 0 Å². The van der Waals surface area contributed by atoms with E-state index < -0.39 is 13.2 Å². The van der Waals surface area contributed by atoms with Crippen molar-refractivity contribution in [1.82, 2.24) is 0 Å². The largest absolute Gasteiger partial charge is 0.476 e. The molecule has 4 heteroatoms. The molecule has 0 aliphatic rings. The molecule has 2 unspecified atom stereocenters. The molecule has 0 radical (unpaired) electrons. The van der Waals surface area contributed by atoms with Crippen LogP contribution in [-0.4, -0.2) is 11.6 Å². The quantitative estimate of drug-likeness (QED) is 0.855. The molecule has 1 N–H and O–H groups in total. The van der Waals surface area contributed by atoms with Crippen molar-refractivity contribution in [2.24, 2.45) is 0 Å². The molecule has 0 saturated carbocycles. The maximum absolute atomic E-state index is 12.0. The van der Waals surface area contributed by atoms with Crippen LogP contribution >= 0.6 is 7.37 Å². The maximum atomic E-state index is 12.0. The van der Waals surface area contributed by atoms with E-state index in [1.807, 2.05) is 36.4 Å². The first-order valence-electron chi connectivity index (χ1n) is 5.64. The number of para-hydroxylation sites is 1. The van der Waals surface area contributed by atoms with Gasteiger partial charge >= 0.3 is 0 Å². The van der Waals surface area contributed by atoms with Crippen molar-refractivity contribution in [2.45, 2.75) is 5.85 Å². The van der Waals surface area contributed by atoms with E-state index in [4.69, 9.17) is 4.74 Å². The van der Waals surface area contributed by atoms with E-state index in [0.717, 1.165) is 0 Å². The van der Waals surface area contributed by atoms with Gasteiger partial charge in [-0.05, 0) is 12.1 Å². The minimum atomic E-state index is -3.39. The molecule has 94 valence electrons. The number of hydrogen-bond acceptors (Lipinski definition) is 2. The molecule has 0 aliphatic heterocycles. The van der Waals surface area contributed by atoms with Gasteiger partial charge in [-0.25, -0.2) is 0 Å². The van der Waals surface area contributed by atoms with E-state index >= 15 is 0 Å². The van der Waals surface area contributed by atoms with E-state index in [-0.39, 0.29) is 0 Å². The third-order valence-corrected chi connectivity index (χ3v) is 3.78. The van der Waals surface area contributed by atoms with Crippen LogP contribution < -0.4 is 4.74 Å². The number of ether oxygens (including phenoxy) is 1. The Morgan fingerprint density at radius 2 is 1.50 bits per heavy atom. The molecule has 0 saturated heterocycles. The molecule has 0 spiro atoms. The lowest BCUT2D eigenvalue weighted by Gasteiger charge is -2.22. The highest BCUT2D eigenvalue weighted by Gasteiger charge is 2.29. The zero-order valence-corrected chi connectivity index (χ0v) is 11.0. The monoisotopic (exact) mass is 262 g/mol. The molecule has 0 heterocycles. The summed E-state index contributed by atoms with van der Waals surface area (Å²) in [5.74, 6) is -0.247. The lowest BCUT2D eigenvalue weighted by Crippen LogP contribution is -2.07. The minimum Gasteiger partial charge on any atom is -0.476 e. The standard InChI is InChI=1S/C14H15O3P/c1-18(15,16)14(12-8-4-2-5-9-12)17-13-10-6-3-7-11-13/h2-11,14H,1H3,(H,15,16). The van der Waals surface area contributed by atoms with Crippen molar-refractivity contribution in [2.75, 3.05) is 6.66 Å². The van der Waals surface area contributed by atoms with Gasteiger partial charge in [-0.2, -0.15) is 0 Å². The van der Waals surface area contributed by atoms with Gasteiger partial charge in [0.1, 0.15) is 5.75 Å². The number of benzene rings is 2. The Balaban J connectivity index is 2.31. The van der Waals surface area contributed by atoms with E-state index in [0.29, 0.717) is 11.3 Å². The Kier molecular flexibility index (Phi) is 3.85. The maximum Gasteiger partial charge on any atom is 0.241 e. The molecule has 2 rings (SSSR count). The highest BCUT2D eigenvalue weighted by molar-refractivity contribution is 7.57. The summed E-state index contributed by atoms with van der Waals surface area (Å²) in [7, 11) is -3.39. The van der Waals surface area contributed by atoms with Crippen molar-refractivity contribution < 1.29 is 14.2 Å². The first kappa shape index (κ1) is 12.9. The summed E-state index contributed by atoms with van der Waals surface area (Å²) in [6, 6.07) is 18.2. The Morgan fingerprint density at radius 1 is 1.00 bits per heavy atom. The van der Waals surface area contributed by atoms with Gasteiger partial charge in [-0.3, -0.25) is 4.57 Å². The Morgan fingerprint density at radius 3 is 2.00 bits per heavy atom. The van der Waals surface area contributed by atoms with Crippen LogP contribution in [0.2, 0.25) is 0 Å². The molecular formula is C14H15O3P. The number of hydrogen-bond donors (Lipinski definition) is 1. The zero-order chi connectivity index (χ0) is 13.0. The van der Waals surface area contributed by atoms with Crippen molar-refractivity contribution in [3.05, 3.63) is 66.2 Å². The fraction of sp³-hybridized carbons (Fsp3) is 0.143. The van der Waals surface area contributed by atoms with Crippen molar-refractivity contribution >= 4 is 7.37 Å². The first-order chi connectivity index (χ1) is 8.57. The van der Waals surface area contributed by atoms with Crippen LogP contribution in [0.15, 0.2) is 60.7 Å². The van der Waals surface area contributed by atoms with Crippen LogP contribution in [0.1, 0.15) is 11.4 Å². The summed E-state index contributed by atoms with van der Waals surface area (Å²) in [6.07, 6.45) is 0. The molecule has 2 atom stereocenters. The topological polar surface area (TPSA) is 46.5 Å². The molecule has 0 bridgehead atoms. The fourth-order valence-electron chi connectivity index (χ4n) is 1.69. The normalized spacial score (nSPS) is 15.7. The van der Waals surface area contributed by atoms with Gasteiger partial charge in [0.05, 0.1) is 0 Å². The summed E-state index contributed by atoms with van der Waals surface area (Å²) >= 11 is 0. The Labute approximate surface area is 107 Å². The molecule has 2 aromatic rings. The molecule has 0 fully saturated rings. The third kappa shape index (κ3) is 3.22. The Bertz CT molecular complexity index is 533. The van der Waals surface area contributed by atoms with Crippen LogP contribution in [0.3, 0.4) is 0 Å². The lowest BCUT2D eigenvalue weighted by molar-refractivity contribution is 0.260. The molecule has 0 aliphatic carbocycles. The molecule has 0 amide bonds. The van der Waals surface area contributed by atoms with Gasteiger partial charge in [0.25, 0.3) is 0 Å². The van der Waals surface area contributed by atoms with Crippen molar-refractivity contribution in [3.63, 3.8) is 0 Å². The second kappa shape index (κ2) is 5.38. The summed E-state index contributed by atoms with van der Waals surface area (Å²) in [5, 5.41) is 0. The van der Waals surface area contributed by atoms with E-state index in [2.05, 4.69) is 0 Å². The molecule has 18 heavy (non-hydrogen) atoms. The molecular weight excluding hydrogens is 247 g/mol. The average molecular weight is 262 g/mol.